The van der Waals surface area contributed by atoms with Crippen molar-refractivity contribution in [3.8, 4) is 0 Å². The molecule has 22 heavy (non-hydrogen) atoms. The molecule has 1 aliphatic rings. The van der Waals surface area contributed by atoms with Gasteiger partial charge in [-0.3, -0.25) is 4.79 Å². The lowest BCUT2D eigenvalue weighted by Crippen LogP contribution is -2.43. The van der Waals surface area contributed by atoms with Gasteiger partial charge in [0.25, 0.3) is 5.91 Å². The smallest absolute Gasteiger partial charge is 0.254 e. The number of nitrogens with zero attached hydrogens (tertiary/aromatic N) is 1. The molecule has 1 fully saturated rings. The highest BCUT2D eigenvalue weighted by atomic mass is 32.2. The average Bonchev–Trinajstić information content (AvgIpc) is 2.46. The van der Waals surface area contributed by atoms with Crippen molar-refractivity contribution < 1.29 is 13.2 Å². The van der Waals surface area contributed by atoms with Crippen molar-refractivity contribution in [1.82, 2.24) is 4.90 Å². The number of benzene rings is 1. The first-order valence-electron chi connectivity index (χ1n) is 7.85. The maximum absolute atomic E-state index is 12.8. The van der Waals surface area contributed by atoms with E-state index in [9.17, 15) is 13.2 Å². The zero-order chi connectivity index (χ0) is 16.5. The monoisotopic (exact) mass is 323 g/mol. The maximum Gasteiger partial charge on any atom is 0.254 e. The Morgan fingerprint density at radius 1 is 1.14 bits per heavy atom. The Morgan fingerprint density at radius 3 is 2.09 bits per heavy atom. The Labute approximate surface area is 133 Å². The SMILES string of the molecule is CCS(=O)(=O)C1CCN(C(=O)c2c(C)cc(C)cc2C)CC1. The third kappa shape index (κ3) is 3.35. The molecule has 0 aliphatic carbocycles. The molecular weight excluding hydrogens is 298 g/mol. The summed E-state index contributed by atoms with van der Waals surface area (Å²) >= 11 is 0. The summed E-state index contributed by atoms with van der Waals surface area (Å²) in [6.45, 7) is 8.68. The van der Waals surface area contributed by atoms with Crippen LogP contribution in [0.15, 0.2) is 12.1 Å². The molecule has 1 aromatic rings. The second-order valence-electron chi connectivity index (χ2n) is 6.22. The number of amides is 1. The van der Waals surface area contributed by atoms with Crippen molar-refractivity contribution >= 4 is 15.7 Å². The van der Waals surface area contributed by atoms with E-state index in [0.29, 0.717) is 25.9 Å². The zero-order valence-electron chi connectivity index (χ0n) is 13.8. The van der Waals surface area contributed by atoms with Crippen LogP contribution in [0.1, 0.15) is 46.8 Å². The predicted octanol–water partition coefficient (Wildman–Crippen LogP) is 2.65. The van der Waals surface area contributed by atoms with Crippen LogP contribution < -0.4 is 0 Å². The van der Waals surface area contributed by atoms with Crippen LogP contribution in [0.2, 0.25) is 0 Å². The summed E-state index contributed by atoms with van der Waals surface area (Å²) in [6.07, 6.45) is 1.09. The number of hydrogen-bond acceptors (Lipinski definition) is 3. The fraction of sp³-hybridized carbons (Fsp3) is 0.588. The first kappa shape index (κ1) is 17.0. The van der Waals surface area contributed by atoms with Gasteiger partial charge in [-0.25, -0.2) is 8.42 Å². The molecule has 2 rings (SSSR count). The lowest BCUT2D eigenvalue weighted by Gasteiger charge is -2.32. The molecule has 5 heteroatoms. The van der Waals surface area contributed by atoms with Gasteiger partial charge in [0.1, 0.15) is 0 Å². The first-order valence-corrected chi connectivity index (χ1v) is 9.56. The molecule has 0 N–H and O–H groups in total. The van der Waals surface area contributed by atoms with E-state index < -0.39 is 9.84 Å². The van der Waals surface area contributed by atoms with Gasteiger partial charge in [0.15, 0.2) is 9.84 Å². The highest BCUT2D eigenvalue weighted by Crippen LogP contribution is 2.23. The molecule has 0 atom stereocenters. The molecular formula is C17H25NO3S. The molecule has 4 nitrogen and oxygen atoms in total. The van der Waals surface area contributed by atoms with Gasteiger partial charge in [-0.15, -0.1) is 0 Å². The van der Waals surface area contributed by atoms with E-state index in [-0.39, 0.29) is 16.9 Å². The summed E-state index contributed by atoms with van der Waals surface area (Å²) in [5.74, 6) is 0.212. The van der Waals surface area contributed by atoms with Crippen molar-refractivity contribution in [2.45, 2.75) is 45.8 Å². The quantitative estimate of drug-likeness (QED) is 0.859. The summed E-state index contributed by atoms with van der Waals surface area (Å²) in [6, 6.07) is 4.04. The van der Waals surface area contributed by atoms with Gasteiger partial charge in [0.05, 0.1) is 5.25 Å². The van der Waals surface area contributed by atoms with Crippen LogP contribution in [0.25, 0.3) is 0 Å². The summed E-state index contributed by atoms with van der Waals surface area (Å²) < 4.78 is 23.9. The van der Waals surface area contributed by atoms with E-state index in [1.54, 1.807) is 11.8 Å². The van der Waals surface area contributed by atoms with Gasteiger partial charge >= 0.3 is 0 Å². The molecule has 1 saturated heterocycles. The van der Waals surface area contributed by atoms with Crippen molar-refractivity contribution in [2.75, 3.05) is 18.8 Å². The number of hydrogen-bond donors (Lipinski definition) is 0. The number of piperidine rings is 1. The lowest BCUT2D eigenvalue weighted by molar-refractivity contribution is 0.0724. The van der Waals surface area contributed by atoms with Crippen LogP contribution in [0.3, 0.4) is 0 Å². The number of likely N-dealkylation sites (tertiary alicyclic amines) is 1. The van der Waals surface area contributed by atoms with E-state index in [1.807, 2.05) is 32.9 Å². The average molecular weight is 323 g/mol. The Kier molecular flexibility index (Phi) is 4.95. The van der Waals surface area contributed by atoms with E-state index >= 15 is 0 Å². The van der Waals surface area contributed by atoms with E-state index in [4.69, 9.17) is 0 Å². The maximum atomic E-state index is 12.8. The minimum absolute atomic E-state index is 0.0300. The number of carbonyl (C=O) groups excluding carboxylic acids is 1. The van der Waals surface area contributed by atoms with Crippen LogP contribution in [-0.4, -0.2) is 43.3 Å². The van der Waals surface area contributed by atoms with Gasteiger partial charge in [-0.05, 0) is 44.7 Å². The van der Waals surface area contributed by atoms with Crippen molar-refractivity contribution in [3.05, 3.63) is 34.4 Å². The van der Waals surface area contributed by atoms with Gasteiger partial charge in [0, 0.05) is 24.4 Å². The van der Waals surface area contributed by atoms with Gasteiger partial charge < -0.3 is 4.90 Å². The van der Waals surface area contributed by atoms with Gasteiger partial charge in [-0.1, -0.05) is 24.6 Å². The summed E-state index contributed by atoms with van der Waals surface area (Å²) in [4.78, 5) is 14.6. The van der Waals surface area contributed by atoms with Crippen LogP contribution in [0, 0.1) is 20.8 Å². The molecule has 1 aliphatic heterocycles. The van der Waals surface area contributed by atoms with Crippen LogP contribution in [0.5, 0.6) is 0 Å². The van der Waals surface area contributed by atoms with E-state index in [1.165, 1.54) is 0 Å². The summed E-state index contributed by atoms with van der Waals surface area (Å²) in [5, 5.41) is -0.290. The summed E-state index contributed by atoms with van der Waals surface area (Å²) in [7, 11) is -2.99. The molecule has 0 bridgehead atoms. The van der Waals surface area contributed by atoms with Crippen molar-refractivity contribution in [1.29, 1.82) is 0 Å². The molecule has 0 spiro atoms. The zero-order valence-corrected chi connectivity index (χ0v) is 14.7. The van der Waals surface area contributed by atoms with Crippen molar-refractivity contribution in [2.24, 2.45) is 0 Å². The van der Waals surface area contributed by atoms with Gasteiger partial charge in [-0.2, -0.15) is 0 Å². The minimum Gasteiger partial charge on any atom is -0.339 e. The molecule has 0 radical (unpaired) electrons. The number of carbonyl (C=O) groups is 1. The van der Waals surface area contributed by atoms with Crippen LogP contribution >= 0.6 is 0 Å². The molecule has 0 saturated carbocycles. The standard InChI is InChI=1S/C17H25NO3S/c1-5-22(20,21)15-6-8-18(9-7-15)17(19)16-13(3)10-12(2)11-14(16)4/h10-11,15H,5-9H2,1-4H3. The third-order valence-corrected chi connectivity index (χ3v) is 6.82. The Balaban J connectivity index is 2.14. The second kappa shape index (κ2) is 6.41. The fourth-order valence-electron chi connectivity index (χ4n) is 3.33. The molecule has 1 aromatic carbocycles. The highest BCUT2D eigenvalue weighted by Gasteiger charge is 2.31. The third-order valence-electron chi connectivity index (χ3n) is 4.53. The minimum atomic E-state index is -2.99. The fourth-order valence-corrected chi connectivity index (χ4v) is 4.73. The molecule has 0 unspecified atom stereocenters. The Hall–Kier alpha value is -1.36. The predicted molar refractivity (Wildman–Crippen MR) is 89.0 cm³/mol. The van der Waals surface area contributed by atoms with E-state index in [0.717, 1.165) is 22.3 Å². The molecule has 122 valence electrons. The lowest BCUT2D eigenvalue weighted by atomic mass is 9.98. The second-order valence-corrected chi connectivity index (χ2v) is 8.79. The first-order chi connectivity index (χ1) is 10.3. The van der Waals surface area contributed by atoms with Crippen LogP contribution in [-0.2, 0) is 9.84 Å². The molecule has 1 heterocycles. The number of aryl methyl sites for hydroxylation is 3. The normalized spacial score (nSPS) is 16.8. The van der Waals surface area contributed by atoms with Crippen LogP contribution in [0.4, 0.5) is 0 Å². The highest BCUT2D eigenvalue weighted by molar-refractivity contribution is 7.92. The molecule has 1 amide bonds. The summed E-state index contributed by atoms with van der Waals surface area (Å²) in [5.41, 5.74) is 3.90. The largest absolute Gasteiger partial charge is 0.339 e. The topological polar surface area (TPSA) is 54.5 Å². The molecule has 0 aromatic heterocycles. The Bertz CT molecular complexity index is 648. The van der Waals surface area contributed by atoms with Crippen molar-refractivity contribution in [3.63, 3.8) is 0 Å². The van der Waals surface area contributed by atoms with Gasteiger partial charge in [0.2, 0.25) is 0 Å². The number of sulfone groups is 1. The Morgan fingerprint density at radius 2 is 1.64 bits per heavy atom. The van der Waals surface area contributed by atoms with E-state index in [2.05, 4.69) is 0 Å². The number of rotatable bonds is 3.